The van der Waals surface area contributed by atoms with Gasteiger partial charge in [-0.05, 0) is 64.4 Å². The molecule has 1 aliphatic carbocycles. The second-order valence-corrected chi connectivity index (χ2v) is 8.77. The van der Waals surface area contributed by atoms with Gasteiger partial charge in [0, 0.05) is 0 Å². The SMILES string of the molecule is CC[C@]1(C(=O)OCc2ccccc2)CC=C(B2OC(C)(C)C(C)(C)O2)CC1. The fourth-order valence-corrected chi connectivity index (χ4v) is 3.65. The number of carbonyl (C=O) groups is 1. The van der Waals surface area contributed by atoms with Gasteiger partial charge < -0.3 is 14.0 Å². The Labute approximate surface area is 163 Å². The lowest BCUT2D eigenvalue weighted by Gasteiger charge is -2.33. The Morgan fingerprint density at radius 1 is 1.11 bits per heavy atom. The Kier molecular flexibility index (Phi) is 5.55. The highest BCUT2D eigenvalue weighted by Crippen LogP contribution is 2.44. The van der Waals surface area contributed by atoms with Crippen molar-refractivity contribution < 1.29 is 18.8 Å². The summed E-state index contributed by atoms with van der Waals surface area (Å²) in [5.41, 5.74) is 1.04. The third-order valence-corrected chi connectivity index (χ3v) is 6.53. The van der Waals surface area contributed by atoms with Crippen molar-refractivity contribution in [2.24, 2.45) is 5.41 Å². The van der Waals surface area contributed by atoms with Crippen molar-refractivity contribution in [3.63, 3.8) is 0 Å². The van der Waals surface area contributed by atoms with E-state index in [1.165, 1.54) is 0 Å². The van der Waals surface area contributed by atoms with Crippen LogP contribution >= 0.6 is 0 Å². The minimum Gasteiger partial charge on any atom is -0.460 e. The van der Waals surface area contributed by atoms with Gasteiger partial charge in [-0.15, -0.1) is 0 Å². The summed E-state index contributed by atoms with van der Waals surface area (Å²) in [6, 6.07) is 9.83. The lowest BCUT2D eigenvalue weighted by molar-refractivity contribution is -0.158. The van der Waals surface area contributed by atoms with Gasteiger partial charge in [0.2, 0.25) is 0 Å². The van der Waals surface area contributed by atoms with Gasteiger partial charge >= 0.3 is 13.1 Å². The highest BCUT2D eigenvalue weighted by molar-refractivity contribution is 6.54. The molecule has 1 atom stereocenters. The molecule has 0 saturated carbocycles. The van der Waals surface area contributed by atoms with E-state index in [1.54, 1.807) is 0 Å². The van der Waals surface area contributed by atoms with Crippen LogP contribution in [0.5, 0.6) is 0 Å². The first-order valence-corrected chi connectivity index (χ1v) is 9.95. The van der Waals surface area contributed by atoms with Crippen LogP contribution < -0.4 is 0 Å². The number of hydrogen-bond donors (Lipinski definition) is 0. The molecule has 146 valence electrons. The molecule has 1 saturated heterocycles. The molecule has 4 nitrogen and oxygen atoms in total. The lowest BCUT2D eigenvalue weighted by atomic mass is 9.65. The number of rotatable bonds is 5. The second kappa shape index (κ2) is 7.44. The van der Waals surface area contributed by atoms with Crippen molar-refractivity contribution in [2.75, 3.05) is 0 Å². The molecule has 0 radical (unpaired) electrons. The van der Waals surface area contributed by atoms with Crippen molar-refractivity contribution in [3.8, 4) is 0 Å². The predicted molar refractivity (Wildman–Crippen MR) is 107 cm³/mol. The molecule has 1 aromatic carbocycles. The first-order chi connectivity index (χ1) is 12.7. The molecular weight excluding hydrogens is 339 g/mol. The molecule has 0 amide bonds. The van der Waals surface area contributed by atoms with Crippen LogP contribution in [0, 0.1) is 5.41 Å². The van der Waals surface area contributed by atoms with Gasteiger partial charge in [0.1, 0.15) is 6.61 Å². The van der Waals surface area contributed by atoms with E-state index in [1.807, 2.05) is 30.3 Å². The largest absolute Gasteiger partial charge is 0.490 e. The van der Waals surface area contributed by atoms with E-state index in [2.05, 4.69) is 40.7 Å². The number of hydrogen-bond acceptors (Lipinski definition) is 4. The highest BCUT2D eigenvalue weighted by Gasteiger charge is 2.53. The predicted octanol–water partition coefficient (Wildman–Crippen LogP) is 4.87. The van der Waals surface area contributed by atoms with Crippen LogP contribution in [0.15, 0.2) is 41.9 Å². The Morgan fingerprint density at radius 2 is 1.74 bits per heavy atom. The van der Waals surface area contributed by atoms with E-state index < -0.39 is 5.41 Å². The molecule has 0 spiro atoms. The van der Waals surface area contributed by atoms with Crippen LogP contribution in [0.2, 0.25) is 0 Å². The lowest BCUT2D eigenvalue weighted by Crippen LogP contribution is -2.41. The number of allylic oxidation sites excluding steroid dienone is 2. The summed E-state index contributed by atoms with van der Waals surface area (Å²) in [4.78, 5) is 12.8. The third kappa shape index (κ3) is 3.99. The molecule has 2 aliphatic rings. The second-order valence-electron chi connectivity index (χ2n) is 8.77. The zero-order valence-corrected chi connectivity index (χ0v) is 17.2. The zero-order chi connectivity index (χ0) is 19.7. The summed E-state index contributed by atoms with van der Waals surface area (Å²) in [6.07, 6.45) is 5.15. The summed E-state index contributed by atoms with van der Waals surface area (Å²) >= 11 is 0. The van der Waals surface area contributed by atoms with Gasteiger partial charge in [0.25, 0.3) is 0 Å². The number of carbonyl (C=O) groups excluding carboxylic acids is 1. The Morgan fingerprint density at radius 3 is 2.26 bits per heavy atom. The van der Waals surface area contributed by atoms with Gasteiger partial charge in [-0.3, -0.25) is 4.79 Å². The monoisotopic (exact) mass is 370 g/mol. The van der Waals surface area contributed by atoms with E-state index in [0.29, 0.717) is 13.0 Å². The molecule has 0 aromatic heterocycles. The standard InChI is InChI=1S/C22H31BO4/c1-6-22(19(24)25-16-17-10-8-7-9-11-17)14-12-18(13-15-22)23-26-20(2,3)21(4,5)27-23/h7-12H,6,13-16H2,1-5H3/t22-/m0/s1. The normalized spacial score (nSPS) is 26.6. The quantitative estimate of drug-likeness (QED) is 0.548. The fourth-order valence-electron chi connectivity index (χ4n) is 3.65. The maximum atomic E-state index is 12.8. The Bertz CT molecular complexity index is 694. The van der Waals surface area contributed by atoms with Gasteiger partial charge in [-0.25, -0.2) is 0 Å². The molecule has 0 bridgehead atoms. The molecule has 1 fully saturated rings. The average Bonchev–Trinajstić information content (AvgIpc) is 2.88. The van der Waals surface area contributed by atoms with Crippen molar-refractivity contribution >= 4 is 13.1 Å². The van der Waals surface area contributed by atoms with Crippen LogP contribution in [0.3, 0.4) is 0 Å². The molecule has 1 heterocycles. The van der Waals surface area contributed by atoms with Crippen molar-refractivity contribution in [1.82, 2.24) is 0 Å². The Balaban J connectivity index is 1.65. The maximum absolute atomic E-state index is 12.8. The van der Waals surface area contributed by atoms with E-state index in [4.69, 9.17) is 14.0 Å². The maximum Gasteiger partial charge on any atom is 0.490 e. The number of ether oxygens (including phenoxy) is 1. The van der Waals surface area contributed by atoms with E-state index >= 15 is 0 Å². The summed E-state index contributed by atoms with van der Waals surface area (Å²) < 4.78 is 18.0. The topological polar surface area (TPSA) is 44.8 Å². The average molecular weight is 370 g/mol. The van der Waals surface area contributed by atoms with E-state index in [-0.39, 0.29) is 24.3 Å². The highest BCUT2D eigenvalue weighted by atomic mass is 16.7. The van der Waals surface area contributed by atoms with Crippen molar-refractivity contribution in [2.45, 2.75) is 78.1 Å². The van der Waals surface area contributed by atoms with Crippen LogP contribution in [-0.4, -0.2) is 24.3 Å². The number of benzene rings is 1. The van der Waals surface area contributed by atoms with E-state index in [9.17, 15) is 4.79 Å². The van der Waals surface area contributed by atoms with Crippen LogP contribution in [0.25, 0.3) is 0 Å². The minimum atomic E-state index is -0.443. The van der Waals surface area contributed by atoms with Crippen molar-refractivity contribution in [3.05, 3.63) is 47.4 Å². The zero-order valence-electron chi connectivity index (χ0n) is 17.2. The molecule has 3 rings (SSSR count). The molecule has 5 heteroatoms. The van der Waals surface area contributed by atoms with Gasteiger partial charge in [-0.2, -0.15) is 0 Å². The molecule has 1 aromatic rings. The minimum absolute atomic E-state index is 0.0990. The van der Waals surface area contributed by atoms with E-state index in [0.717, 1.165) is 30.3 Å². The first kappa shape index (κ1) is 20.2. The first-order valence-electron chi connectivity index (χ1n) is 9.95. The Hall–Kier alpha value is -1.59. The molecule has 0 N–H and O–H groups in total. The third-order valence-electron chi connectivity index (χ3n) is 6.53. The van der Waals surface area contributed by atoms with Gasteiger partial charge in [0.15, 0.2) is 0 Å². The summed E-state index contributed by atoms with van der Waals surface area (Å²) in [6.45, 7) is 10.6. The van der Waals surface area contributed by atoms with Crippen molar-refractivity contribution in [1.29, 1.82) is 0 Å². The summed E-state index contributed by atoms with van der Waals surface area (Å²) in [7, 11) is -0.315. The van der Waals surface area contributed by atoms with Gasteiger partial charge in [0.05, 0.1) is 16.6 Å². The molecular formula is C22H31BO4. The smallest absolute Gasteiger partial charge is 0.460 e. The van der Waals surface area contributed by atoms with Crippen LogP contribution in [0.1, 0.15) is 65.9 Å². The summed E-state index contributed by atoms with van der Waals surface area (Å²) in [5.74, 6) is -0.0990. The summed E-state index contributed by atoms with van der Waals surface area (Å²) in [5, 5.41) is 0. The fraction of sp³-hybridized carbons (Fsp3) is 0.591. The van der Waals surface area contributed by atoms with Crippen LogP contribution in [0.4, 0.5) is 0 Å². The number of esters is 1. The molecule has 1 aliphatic heterocycles. The molecule has 0 unspecified atom stereocenters. The van der Waals surface area contributed by atoms with Gasteiger partial charge in [-0.1, -0.05) is 43.3 Å². The van der Waals surface area contributed by atoms with Crippen LogP contribution in [-0.2, 0) is 25.4 Å². The molecule has 27 heavy (non-hydrogen) atoms.